The molecule has 0 aliphatic rings. The van der Waals surface area contributed by atoms with Gasteiger partial charge in [-0.05, 0) is 42.8 Å². The fourth-order valence-corrected chi connectivity index (χ4v) is 3.36. The van der Waals surface area contributed by atoms with Crippen LogP contribution in [0.1, 0.15) is 17.4 Å². The lowest BCUT2D eigenvalue weighted by Crippen LogP contribution is -1.89. The molecule has 0 aliphatic heterocycles. The third-order valence-electron chi connectivity index (χ3n) is 3.61. The summed E-state index contributed by atoms with van der Waals surface area (Å²) < 4.78 is 11.6. The number of methoxy groups -OCH3 is 1. The third kappa shape index (κ3) is 3.51. The number of nitrogens with zero attached hydrogens (tertiary/aromatic N) is 1. The maximum absolute atomic E-state index is 10.4. The maximum Gasteiger partial charge on any atom is 0.143 e. The Labute approximate surface area is 145 Å². The zero-order valence-electron chi connectivity index (χ0n) is 13.7. The van der Waals surface area contributed by atoms with Crippen LogP contribution in [0.5, 0.6) is 17.2 Å². The molecular weight excluding hydrogens is 322 g/mol. The number of ether oxygens (including phenoxy) is 2. The first-order chi connectivity index (χ1) is 11.7. The van der Waals surface area contributed by atoms with E-state index in [-0.39, 0.29) is 5.75 Å². The highest BCUT2D eigenvalue weighted by molar-refractivity contribution is 7.21. The van der Waals surface area contributed by atoms with Gasteiger partial charge >= 0.3 is 0 Å². The van der Waals surface area contributed by atoms with E-state index in [2.05, 4.69) is 4.99 Å². The lowest BCUT2D eigenvalue weighted by molar-refractivity contribution is 0.340. The van der Waals surface area contributed by atoms with Crippen molar-refractivity contribution < 1.29 is 14.6 Å². The van der Waals surface area contributed by atoms with Crippen molar-refractivity contribution in [2.24, 2.45) is 4.99 Å². The molecule has 0 aliphatic carbocycles. The molecule has 0 fully saturated rings. The minimum absolute atomic E-state index is 0.259. The summed E-state index contributed by atoms with van der Waals surface area (Å²) in [5.41, 5.74) is 1.09. The molecule has 0 atom stereocenters. The van der Waals surface area contributed by atoms with Gasteiger partial charge in [0.15, 0.2) is 0 Å². The van der Waals surface area contributed by atoms with Crippen LogP contribution in [0.15, 0.2) is 47.5 Å². The molecule has 0 saturated carbocycles. The fraction of sp³-hybridized carbons (Fsp3) is 0.211. The average molecular weight is 341 g/mol. The van der Waals surface area contributed by atoms with Crippen LogP contribution in [0, 0.1) is 0 Å². The van der Waals surface area contributed by atoms with Crippen LogP contribution in [0.3, 0.4) is 0 Å². The Morgan fingerprint density at radius 2 is 1.88 bits per heavy atom. The summed E-state index contributed by atoms with van der Waals surface area (Å²) in [4.78, 5) is 5.19. The average Bonchev–Trinajstić information content (AvgIpc) is 2.92. The predicted octanol–water partition coefficient (Wildman–Crippen LogP) is 4.63. The van der Waals surface area contributed by atoms with Gasteiger partial charge in [-0.15, -0.1) is 11.3 Å². The molecule has 24 heavy (non-hydrogen) atoms. The van der Waals surface area contributed by atoms with E-state index in [4.69, 9.17) is 9.47 Å². The number of aliphatic imine (C=N–C) groups is 1. The maximum atomic E-state index is 10.4. The first kappa shape index (κ1) is 16.3. The molecule has 3 aromatic rings. The van der Waals surface area contributed by atoms with E-state index in [0.717, 1.165) is 32.0 Å². The first-order valence-corrected chi connectivity index (χ1v) is 8.54. The van der Waals surface area contributed by atoms with Gasteiger partial charge in [0, 0.05) is 16.3 Å². The van der Waals surface area contributed by atoms with Gasteiger partial charge in [-0.25, -0.2) is 0 Å². The van der Waals surface area contributed by atoms with Crippen LogP contribution in [-0.2, 0) is 6.54 Å². The second kappa shape index (κ2) is 7.36. The number of fused-ring (bicyclic) bond motifs is 1. The van der Waals surface area contributed by atoms with Crippen molar-refractivity contribution in [2.75, 3.05) is 13.7 Å². The molecule has 1 N–H and O–H groups in total. The lowest BCUT2D eigenvalue weighted by Gasteiger charge is -2.02. The highest BCUT2D eigenvalue weighted by Gasteiger charge is 2.10. The Bertz CT molecular complexity index is 853. The standard InChI is InChI=1S/C19H19NO3S/c1-3-23-15-8-9-17-16(10-15)19(21)18(24-17)12-20-11-13-4-6-14(22-2)7-5-13/h4-10,12,21H,3,11H2,1-2H3. The summed E-state index contributed by atoms with van der Waals surface area (Å²) in [7, 11) is 1.65. The van der Waals surface area contributed by atoms with Crippen molar-refractivity contribution >= 4 is 27.6 Å². The summed E-state index contributed by atoms with van der Waals surface area (Å²) in [6.07, 6.45) is 1.73. The van der Waals surface area contributed by atoms with Gasteiger partial charge in [0.25, 0.3) is 0 Å². The van der Waals surface area contributed by atoms with Crippen molar-refractivity contribution in [3.8, 4) is 17.2 Å². The zero-order valence-corrected chi connectivity index (χ0v) is 14.5. The van der Waals surface area contributed by atoms with Gasteiger partial charge in [-0.3, -0.25) is 4.99 Å². The molecule has 4 nitrogen and oxygen atoms in total. The van der Waals surface area contributed by atoms with Crippen molar-refractivity contribution in [1.29, 1.82) is 0 Å². The van der Waals surface area contributed by atoms with E-state index in [1.54, 1.807) is 13.3 Å². The minimum Gasteiger partial charge on any atom is -0.506 e. The van der Waals surface area contributed by atoms with Crippen molar-refractivity contribution in [3.05, 3.63) is 52.9 Å². The summed E-state index contributed by atoms with van der Waals surface area (Å²) in [5, 5.41) is 11.2. The van der Waals surface area contributed by atoms with Crippen LogP contribution in [0.2, 0.25) is 0 Å². The molecule has 124 valence electrons. The normalized spacial score (nSPS) is 11.2. The van der Waals surface area contributed by atoms with E-state index >= 15 is 0 Å². The van der Waals surface area contributed by atoms with Crippen molar-refractivity contribution in [2.45, 2.75) is 13.5 Å². The van der Waals surface area contributed by atoms with Gasteiger partial charge in [0.1, 0.15) is 17.2 Å². The third-order valence-corrected chi connectivity index (χ3v) is 4.71. The Hall–Kier alpha value is -2.53. The van der Waals surface area contributed by atoms with E-state index in [1.165, 1.54) is 11.3 Å². The van der Waals surface area contributed by atoms with Crippen LogP contribution >= 0.6 is 11.3 Å². The topological polar surface area (TPSA) is 51.0 Å². The Kier molecular flexibility index (Phi) is 5.01. The Morgan fingerprint density at radius 1 is 1.12 bits per heavy atom. The van der Waals surface area contributed by atoms with Crippen LogP contribution in [0.25, 0.3) is 10.1 Å². The highest BCUT2D eigenvalue weighted by atomic mass is 32.1. The van der Waals surface area contributed by atoms with Gasteiger partial charge in [0.05, 0.1) is 25.1 Å². The molecule has 0 saturated heterocycles. The number of thiophene rings is 1. The zero-order chi connectivity index (χ0) is 16.9. The molecule has 0 unspecified atom stereocenters. The Balaban J connectivity index is 1.77. The van der Waals surface area contributed by atoms with E-state index in [0.29, 0.717) is 13.2 Å². The summed E-state index contributed by atoms with van der Waals surface area (Å²) in [5.74, 6) is 1.85. The molecule has 0 radical (unpaired) electrons. The number of rotatable bonds is 6. The molecule has 2 aromatic carbocycles. The number of hydrogen-bond donors (Lipinski definition) is 1. The molecule has 5 heteroatoms. The van der Waals surface area contributed by atoms with Gasteiger partial charge < -0.3 is 14.6 Å². The van der Waals surface area contributed by atoms with Gasteiger partial charge in [-0.1, -0.05) is 12.1 Å². The van der Waals surface area contributed by atoms with Gasteiger partial charge in [-0.2, -0.15) is 0 Å². The number of hydrogen-bond acceptors (Lipinski definition) is 5. The lowest BCUT2D eigenvalue weighted by atomic mass is 10.2. The molecular formula is C19H19NO3S. The quantitative estimate of drug-likeness (QED) is 0.665. The van der Waals surface area contributed by atoms with E-state index in [1.807, 2.05) is 49.4 Å². The van der Waals surface area contributed by atoms with Gasteiger partial charge in [0.2, 0.25) is 0 Å². The molecule has 0 amide bonds. The SMILES string of the molecule is CCOc1ccc2sc(C=NCc3ccc(OC)cc3)c(O)c2c1. The van der Waals surface area contributed by atoms with Crippen molar-refractivity contribution in [1.82, 2.24) is 0 Å². The monoisotopic (exact) mass is 341 g/mol. The largest absolute Gasteiger partial charge is 0.506 e. The Morgan fingerprint density at radius 3 is 2.58 bits per heavy atom. The summed E-state index contributed by atoms with van der Waals surface area (Å²) in [6, 6.07) is 13.5. The second-order valence-corrected chi connectivity index (χ2v) is 6.31. The molecule has 1 heterocycles. The van der Waals surface area contributed by atoms with E-state index in [9.17, 15) is 5.11 Å². The molecule has 3 rings (SSSR count). The second-order valence-electron chi connectivity index (χ2n) is 5.22. The number of aromatic hydroxyl groups is 1. The van der Waals surface area contributed by atoms with Crippen LogP contribution < -0.4 is 9.47 Å². The predicted molar refractivity (Wildman–Crippen MR) is 99.0 cm³/mol. The summed E-state index contributed by atoms with van der Waals surface area (Å²) >= 11 is 1.52. The first-order valence-electron chi connectivity index (χ1n) is 7.72. The molecule has 1 aromatic heterocycles. The molecule has 0 bridgehead atoms. The fourth-order valence-electron chi connectivity index (χ4n) is 2.39. The highest BCUT2D eigenvalue weighted by Crippen LogP contribution is 2.37. The molecule has 0 spiro atoms. The number of benzene rings is 2. The summed E-state index contributed by atoms with van der Waals surface area (Å²) in [6.45, 7) is 3.10. The van der Waals surface area contributed by atoms with E-state index < -0.39 is 0 Å². The minimum atomic E-state index is 0.259. The van der Waals surface area contributed by atoms with Crippen molar-refractivity contribution in [3.63, 3.8) is 0 Å². The smallest absolute Gasteiger partial charge is 0.143 e. The van der Waals surface area contributed by atoms with Crippen LogP contribution in [-0.4, -0.2) is 25.0 Å². The van der Waals surface area contributed by atoms with Crippen LogP contribution in [0.4, 0.5) is 0 Å².